The van der Waals surface area contributed by atoms with Crippen molar-refractivity contribution in [1.29, 1.82) is 0 Å². The molecule has 1 aliphatic rings. The van der Waals surface area contributed by atoms with E-state index in [4.69, 9.17) is 31.2 Å². The predicted octanol–water partition coefficient (Wildman–Crippen LogP) is 3.28. The van der Waals surface area contributed by atoms with Crippen LogP contribution in [0.5, 0.6) is 0 Å². The summed E-state index contributed by atoms with van der Waals surface area (Å²) in [6.45, 7) is 0. The number of aliphatic hydroxyl groups is 3. The molecule has 210 valence electrons. The Morgan fingerprint density at radius 3 is 2.58 bits per heavy atom. The minimum Gasteiger partial charge on any atom is -0.468 e. The zero-order valence-electron chi connectivity index (χ0n) is 21.5. The molecule has 1 aliphatic heterocycles. The maximum atomic E-state index is 13.0. The topological polar surface area (TPSA) is 148 Å². The number of benzene rings is 2. The number of rotatable bonds is 8. The molecule has 0 bridgehead atoms. The second-order valence-electron chi connectivity index (χ2n) is 9.77. The summed E-state index contributed by atoms with van der Waals surface area (Å²) in [7, 11) is 1.19. The summed E-state index contributed by atoms with van der Waals surface area (Å²) in [5, 5.41) is 34.0. The Morgan fingerprint density at radius 2 is 1.88 bits per heavy atom. The Bertz CT molecular complexity index is 1450. The number of methoxy groups -OCH3 is 1. The van der Waals surface area contributed by atoms with Gasteiger partial charge in [-0.3, -0.25) is 0 Å². The molecular formula is C29H29ClN2O7S. The molecule has 1 fully saturated rings. The van der Waals surface area contributed by atoms with Gasteiger partial charge in [0, 0.05) is 24.1 Å². The van der Waals surface area contributed by atoms with Gasteiger partial charge in [-0.2, -0.15) is 0 Å². The summed E-state index contributed by atoms with van der Waals surface area (Å²) in [6.07, 6.45) is -3.67. The first kappa shape index (κ1) is 28.4. The Hall–Kier alpha value is -3.09. The van der Waals surface area contributed by atoms with E-state index in [1.165, 1.54) is 18.4 Å². The molecule has 0 amide bonds. The predicted molar refractivity (Wildman–Crippen MR) is 149 cm³/mol. The maximum absolute atomic E-state index is 13.0. The van der Waals surface area contributed by atoms with E-state index in [-0.39, 0.29) is 6.42 Å². The summed E-state index contributed by atoms with van der Waals surface area (Å²) in [5.41, 5.74) is 6.64. The maximum Gasteiger partial charge on any atom is 0.329 e. The fraction of sp³-hybridized carbons (Fsp3) is 0.310. The van der Waals surface area contributed by atoms with Crippen molar-refractivity contribution in [3.63, 3.8) is 0 Å². The molecule has 0 saturated carbocycles. The first-order valence-electron chi connectivity index (χ1n) is 12.6. The minimum absolute atomic E-state index is 0.0360. The highest BCUT2D eigenvalue weighted by molar-refractivity contribution is 7.15. The van der Waals surface area contributed by atoms with Gasteiger partial charge in [0.1, 0.15) is 41.8 Å². The third-order valence-corrected chi connectivity index (χ3v) is 8.46. The zero-order chi connectivity index (χ0) is 28.4. The van der Waals surface area contributed by atoms with Crippen molar-refractivity contribution in [3.05, 3.63) is 99.8 Å². The van der Waals surface area contributed by atoms with Crippen LogP contribution in [0, 0.1) is 0 Å². The molecule has 3 heterocycles. The quantitative estimate of drug-likeness (QED) is 0.229. The molecule has 0 radical (unpaired) electrons. The molecule has 1 saturated heterocycles. The van der Waals surface area contributed by atoms with Gasteiger partial charge in [0.05, 0.1) is 23.3 Å². The fourth-order valence-electron chi connectivity index (χ4n) is 4.99. The number of hydrogen-bond acceptors (Lipinski definition) is 10. The van der Waals surface area contributed by atoms with Crippen molar-refractivity contribution in [2.45, 2.75) is 48.9 Å². The Labute approximate surface area is 239 Å². The standard InChI is InChI=1S/C29H29ClN2O7S/c1-37-28(36)29(31,14-16-6-3-2-4-7-16)27-25(35)23(33)24(34)26(39-27)17-9-10-19(30)18(12-17)13-22-32-15-21(40-22)20-8-5-11-38-20/h2-12,15,23-27,33-35H,13-14,31H2,1H3/t23-,24-,25+,26+,27+,29-/m1/s1. The van der Waals surface area contributed by atoms with Crippen LogP contribution in [0.15, 0.2) is 77.5 Å². The van der Waals surface area contributed by atoms with Crippen LogP contribution >= 0.6 is 22.9 Å². The lowest BCUT2D eigenvalue weighted by Crippen LogP contribution is -2.69. The van der Waals surface area contributed by atoms with Gasteiger partial charge in [-0.15, -0.1) is 11.3 Å². The van der Waals surface area contributed by atoms with Crippen molar-refractivity contribution in [2.24, 2.45) is 5.73 Å². The second kappa shape index (κ2) is 11.8. The third-order valence-electron chi connectivity index (χ3n) is 7.08. The van der Waals surface area contributed by atoms with Crippen LogP contribution < -0.4 is 5.73 Å². The highest BCUT2D eigenvalue weighted by atomic mass is 35.5. The molecule has 5 N–H and O–H groups in total. The van der Waals surface area contributed by atoms with Gasteiger partial charge in [-0.1, -0.05) is 54.1 Å². The van der Waals surface area contributed by atoms with E-state index < -0.39 is 42.0 Å². The molecular weight excluding hydrogens is 556 g/mol. The van der Waals surface area contributed by atoms with Crippen LogP contribution in [0.4, 0.5) is 0 Å². The van der Waals surface area contributed by atoms with Crippen molar-refractivity contribution in [1.82, 2.24) is 4.98 Å². The number of hydrogen-bond donors (Lipinski definition) is 4. The Balaban J connectivity index is 1.44. The highest BCUT2D eigenvalue weighted by Gasteiger charge is 2.55. The summed E-state index contributed by atoms with van der Waals surface area (Å²) < 4.78 is 16.6. The van der Waals surface area contributed by atoms with Gasteiger partial charge < -0.3 is 34.9 Å². The van der Waals surface area contributed by atoms with Crippen molar-refractivity contribution >= 4 is 28.9 Å². The number of carbonyl (C=O) groups excluding carboxylic acids is 1. The van der Waals surface area contributed by atoms with E-state index in [9.17, 15) is 20.1 Å². The van der Waals surface area contributed by atoms with E-state index in [0.29, 0.717) is 33.9 Å². The monoisotopic (exact) mass is 584 g/mol. The van der Waals surface area contributed by atoms with Crippen LogP contribution in [0.3, 0.4) is 0 Å². The van der Waals surface area contributed by atoms with Crippen molar-refractivity contribution in [3.8, 4) is 10.6 Å². The van der Waals surface area contributed by atoms with Gasteiger partial charge in [0.15, 0.2) is 0 Å². The van der Waals surface area contributed by atoms with Crippen molar-refractivity contribution in [2.75, 3.05) is 7.11 Å². The number of ether oxygens (including phenoxy) is 2. The lowest BCUT2D eigenvalue weighted by atomic mass is 9.78. The Morgan fingerprint density at radius 1 is 1.10 bits per heavy atom. The number of nitrogens with two attached hydrogens (primary N) is 1. The minimum atomic E-state index is -1.87. The number of carbonyl (C=O) groups is 1. The molecule has 2 aromatic carbocycles. The average Bonchev–Trinajstić information content (AvgIpc) is 3.66. The van der Waals surface area contributed by atoms with Crippen LogP contribution in [0.25, 0.3) is 10.6 Å². The molecule has 0 spiro atoms. The number of esters is 1. The SMILES string of the molecule is COC(=O)[C@@](N)(Cc1ccccc1)[C@H]1O[C@@H](c2ccc(Cl)c(Cc3ncc(-c4ccco4)s3)c2)[C@H](O)[C@@H](O)[C@@H]1O. The number of aliphatic hydroxyl groups excluding tert-OH is 3. The zero-order valence-corrected chi connectivity index (χ0v) is 23.1. The smallest absolute Gasteiger partial charge is 0.329 e. The second-order valence-corrected chi connectivity index (χ2v) is 11.3. The van der Waals surface area contributed by atoms with Gasteiger partial charge in [0.2, 0.25) is 0 Å². The van der Waals surface area contributed by atoms with Gasteiger partial charge in [-0.05, 0) is 34.9 Å². The van der Waals surface area contributed by atoms with E-state index in [0.717, 1.165) is 9.88 Å². The van der Waals surface area contributed by atoms with Crippen molar-refractivity contribution < 1.29 is 34.0 Å². The van der Waals surface area contributed by atoms with Gasteiger partial charge in [-0.25, -0.2) is 9.78 Å². The number of nitrogens with zero attached hydrogens (tertiary/aromatic N) is 1. The average molecular weight is 585 g/mol. The summed E-state index contributed by atoms with van der Waals surface area (Å²) >= 11 is 7.98. The van der Waals surface area contributed by atoms with Crippen LogP contribution in [-0.2, 0) is 27.1 Å². The Kier molecular flexibility index (Phi) is 8.39. The van der Waals surface area contributed by atoms with Crippen LogP contribution in [0.1, 0.15) is 27.8 Å². The number of aromatic nitrogens is 1. The lowest BCUT2D eigenvalue weighted by molar-refractivity contribution is -0.242. The van der Waals surface area contributed by atoms with E-state index >= 15 is 0 Å². The molecule has 0 unspecified atom stereocenters. The van der Waals surface area contributed by atoms with Gasteiger partial charge >= 0.3 is 5.97 Å². The molecule has 6 atom stereocenters. The molecule has 5 rings (SSSR count). The first-order chi connectivity index (χ1) is 19.2. The summed E-state index contributed by atoms with van der Waals surface area (Å²) in [6, 6.07) is 17.7. The molecule has 4 aromatic rings. The normalized spacial score (nSPS) is 24.4. The highest BCUT2D eigenvalue weighted by Crippen LogP contribution is 2.39. The van der Waals surface area contributed by atoms with Crippen LogP contribution in [0.2, 0.25) is 5.02 Å². The van der Waals surface area contributed by atoms with E-state index in [2.05, 4.69) is 4.98 Å². The number of halogens is 1. The third kappa shape index (κ3) is 5.57. The fourth-order valence-corrected chi connectivity index (χ4v) is 6.08. The summed E-state index contributed by atoms with van der Waals surface area (Å²) in [4.78, 5) is 18.3. The first-order valence-corrected chi connectivity index (χ1v) is 13.8. The molecule has 0 aliphatic carbocycles. The number of furan rings is 1. The lowest BCUT2D eigenvalue weighted by Gasteiger charge is -2.46. The van der Waals surface area contributed by atoms with E-state index in [1.54, 1.807) is 61.0 Å². The molecule has 11 heteroatoms. The molecule has 9 nitrogen and oxygen atoms in total. The molecule has 40 heavy (non-hydrogen) atoms. The van der Waals surface area contributed by atoms with Gasteiger partial charge in [0.25, 0.3) is 0 Å². The number of thiazole rings is 1. The van der Waals surface area contributed by atoms with Crippen LogP contribution in [-0.4, -0.2) is 63.3 Å². The summed E-state index contributed by atoms with van der Waals surface area (Å²) in [5.74, 6) is -0.108. The molecule has 2 aromatic heterocycles. The largest absolute Gasteiger partial charge is 0.468 e. The van der Waals surface area contributed by atoms with E-state index in [1.807, 2.05) is 12.1 Å².